The zero-order valence-electron chi connectivity index (χ0n) is 12.3. The second kappa shape index (κ2) is 6.64. The molecule has 0 amide bonds. The van der Waals surface area contributed by atoms with Crippen LogP contribution in [0.25, 0.3) is 0 Å². The van der Waals surface area contributed by atoms with Gasteiger partial charge in [-0.3, -0.25) is 9.58 Å². The largest absolute Gasteiger partial charge is 0.390 e. The summed E-state index contributed by atoms with van der Waals surface area (Å²) in [6.45, 7) is 6.14. The molecule has 7 heteroatoms. The van der Waals surface area contributed by atoms with Crippen LogP contribution in [0.2, 0.25) is 0 Å². The van der Waals surface area contributed by atoms with Crippen LogP contribution >= 0.6 is 11.3 Å². The second-order valence-corrected chi connectivity index (χ2v) is 7.00. The van der Waals surface area contributed by atoms with Crippen LogP contribution in [-0.2, 0) is 19.7 Å². The Kier molecular flexibility index (Phi) is 4.62. The minimum atomic E-state index is -0.0402. The molecule has 2 aromatic heterocycles. The third kappa shape index (κ3) is 3.87. The van der Waals surface area contributed by atoms with Gasteiger partial charge in [0, 0.05) is 30.7 Å². The van der Waals surface area contributed by atoms with Crippen LogP contribution in [-0.4, -0.2) is 43.1 Å². The summed E-state index contributed by atoms with van der Waals surface area (Å²) in [7, 11) is 0. The lowest BCUT2D eigenvalue weighted by molar-refractivity contribution is 0.154. The Morgan fingerprint density at radius 3 is 3.10 bits per heavy atom. The molecule has 0 aromatic carbocycles. The third-order valence-electron chi connectivity index (χ3n) is 3.85. The molecule has 0 radical (unpaired) electrons. The molecule has 2 aromatic rings. The van der Waals surface area contributed by atoms with Gasteiger partial charge in [0.2, 0.25) is 0 Å². The third-order valence-corrected chi connectivity index (χ3v) is 4.74. The number of aromatic nitrogens is 4. The SMILES string of the molecule is Cc1ncc(CN2CCC[C@@H](Cn3cc(CO)nn3)C2)s1. The quantitative estimate of drug-likeness (QED) is 0.905. The molecule has 0 aliphatic carbocycles. The molecule has 114 valence electrons. The Morgan fingerprint density at radius 1 is 1.48 bits per heavy atom. The second-order valence-electron chi connectivity index (χ2n) is 5.68. The number of rotatable bonds is 5. The number of thiazole rings is 1. The van der Waals surface area contributed by atoms with Crippen molar-refractivity contribution < 1.29 is 5.11 Å². The summed E-state index contributed by atoms with van der Waals surface area (Å²) in [5.74, 6) is 0.598. The first kappa shape index (κ1) is 14.6. The summed E-state index contributed by atoms with van der Waals surface area (Å²) < 4.78 is 1.86. The lowest BCUT2D eigenvalue weighted by Crippen LogP contribution is -2.36. The number of aryl methyl sites for hydroxylation is 1. The lowest BCUT2D eigenvalue weighted by Gasteiger charge is -2.32. The van der Waals surface area contributed by atoms with Crippen molar-refractivity contribution >= 4 is 11.3 Å². The number of hydrogen-bond donors (Lipinski definition) is 1. The summed E-state index contributed by atoms with van der Waals surface area (Å²) >= 11 is 1.78. The molecule has 1 aliphatic heterocycles. The molecule has 1 aliphatic rings. The zero-order chi connectivity index (χ0) is 14.7. The van der Waals surface area contributed by atoms with Gasteiger partial charge in [0.1, 0.15) is 5.69 Å². The van der Waals surface area contributed by atoms with Gasteiger partial charge in [0.25, 0.3) is 0 Å². The van der Waals surface area contributed by atoms with E-state index in [1.807, 2.05) is 17.1 Å². The van der Waals surface area contributed by atoms with E-state index in [2.05, 4.69) is 27.1 Å². The molecule has 21 heavy (non-hydrogen) atoms. The molecule has 3 heterocycles. The summed E-state index contributed by atoms with van der Waals surface area (Å²) in [6, 6.07) is 0. The van der Waals surface area contributed by atoms with Crippen LogP contribution in [0.3, 0.4) is 0 Å². The van der Waals surface area contributed by atoms with Crippen molar-refractivity contribution in [2.75, 3.05) is 13.1 Å². The highest BCUT2D eigenvalue weighted by molar-refractivity contribution is 7.11. The highest BCUT2D eigenvalue weighted by Crippen LogP contribution is 2.22. The van der Waals surface area contributed by atoms with Crippen LogP contribution in [0.1, 0.15) is 28.4 Å². The van der Waals surface area contributed by atoms with Gasteiger partial charge in [-0.15, -0.1) is 16.4 Å². The van der Waals surface area contributed by atoms with Crippen molar-refractivity contribution in [3.8, 4) is 0 Å². The molecular formula is C14H21N5OS. The number of piperidine rings is 1. The normalized spacial score (nSPS) is 20.0. The van der Waals surface area contributed by atoms with Gasteiger partial charge < -0.3 is 5.11 Å². The Bertz CT molecular complexity index is 581. The zero-order valence-corrected chi connectivity index (χ0v) is 13.1. The number of aliphatic hydroxyl groups is 1. The van der Waals surface area contributed by atoms with Crippen molar-refractivity contribution in [1.82, 2.24) is 24.9 Å². The number of hydrogen-bond acceptors (Lipinski definition) is 6. The van der Waals surface area contributed by atoms with Crippen LogP contribution in [0.5, 0.6) is 0 Å². The molecule has 6 nitrogen and oxygen atoms in total. The Hall–Kier alpha value is -1.31. The van der Waals surface area contributed by atoms with Crippen molar-refractivity contribution in [3.63, 3.8) is 0 Å². The van der Waals surface area contributed by atoms with Crippen LogP contribution in [0.4, 0.5) is 0 Å². The monoisotopic (exact) mass is 307 g/mol. The summed E-state index contributed by atoms with van der Waals surface area (Å²) in [5.41, 5.74) is 0.641. The first-order chi connectivity index (χ1) is 10.2. The predicted molar refractivity (Wildman–Crippen MR) is 80.8 cm³/mol. The fourth-order valence-electron chi connectivity index (χ4n) is 2.91. The van der Waals surface area contributed by atoms with Gasteiger partial charge in [-0.2, -0.15) is 0 Å². The molecule has 1 fully saturated rings. The molecule has 0 unspecified atom stereocenters. The molecule has 0 saturated carbocycles. The maximum atomic E-state index is 9.04. The maximum absolute atomic E-state index is 9.04. The first-order valence-corrected chi connectivity index (χ1v) is 8.18. The Morgan fingerprint density at radius 2 is 2.38 bits per heavy atom. The van der Waals surface area contributed by atoms with Crippen molar-refractivity contribution in [3.05, 3.63) is 28.0 Å². The molecule has 1 saturated heterocycles. The molecule has 1 N–H and O–H groups in total. The summed E-state index contributed by atoms with van der Waals surface area (Å²) in [5, 5.41) is 18.2. The van der Waals surface area contributed by atoms with E-state index < -0.39 is 0 Å². The highest BCUT2D eigenvalue weighted by Gasteiger charge is 2.21. The Labute approximate surface area is 128 Å². The number of nitrogens with zero attached hydrogens (tertiary/aromatic N) is 5. The van der Waals surface area contributed by atoms with Gasteiger partial charge in [-0.1, -0.05) is 5.21 Å². The fourth-order valence-corrected chi connectivity index (χ4v) is 3.74. The van der Waals surface area contributed by atoms with Crippen LogP contribution in [0.15, 0.2) is 12.4 Å². The van der Waals surface area contributed by atoms with E-state index >= 15 is 0 Å². The van der Waals surface area contributed by atoms with Gasteiger partial charge in [-0.25, -0.2) is 4.98 Å². The number of likely N-dealkylation sites (tertiary alicyclic amines) is 1. The molecular weight excluding hydrogens is 286 g/mol. The average molecular weight is 307 g/mol. The Balaban J connectivity index is 1.55. The van der Waals surface area contributed by atoms with E-state index in [1.54, 1.807) is 11.3 Å². The van der Waals surface area contributed by atoms with Gasteiger partial charge in [0.05, 0.1) is 17.8 Å². The van der Waals surface area contributed by atoms with E-state index in [9.17, 15) is 0 Å². The summed E-state index contributed by atoms with van der Waals surface area (Å²) in [6.07, 6.45) is 6.29. The van der Waals surface area contributed by atoms with E-state index in [4.69, 9.17) is 5.11 Å². The van der Waals surface area contributed by atoms with E-state index in [0.717, 1.165) is 31.2 Å². The fraction of sp³-hybridized carbons (Fsp3) is 0.643. The topological polar surface area (TPSA) is 67.1 Å². The molecule has 0 bridgehead atoms. The minimum absolute atomic E-state index is 0.0402. The lowest BCUT2D eigenvalue weighted by atomic mass is 9.98. The van der Waals surface area contributed by atoms with Crippen molar-refractivity contribution in [2.45, 2.75) is 39.5 Å². The number of aliphatic hydroxyl groups excluding tert-OH is 1. The minimum Gasteiger partial charge on any atom is -0.390 e. The van der Waals surface area contributed by atoms with Gasteiger partial charge in [-0.05, 0) is 32.2 Å². The standard InChI is InChI=1S/C14H21N5OS/c1-11-15-5-14(21-11)9-18-4-2-3-12(6-18)7-19-8-13(10-20)16-17-19/h5,8,12,20H,2-4,6-7,9-10H2,1H3/t12-/m1/s1. The molecule has 0 spiro atoms. The van der Waals surface area contributed by atoms with Crippen LogP contribution in [0, 0.1) is 12.8 Å². The smallest absolute Gasteiger partial charge is 0.108 e. The summed E-state index contributed by atoms with van der Waals surface area (Å²) in [4.78, 5) is 8.18. The van der Waals surface area contributed by atoms with Crippen molar-refractivity contribution in [2.24, 2.45) is 5.92 Å². The van der Waals surface area contributed by atoms with Gasteiger partial charge >= 0.3 is 0 Å². The average Bonchev–Trinajstić information content (AvgIpc) is 3.08. The van der Waals surface area contributed by atoms with E-state index in [0.29, 0.717) is 11.6 Å². The van der Waals surface area contributed by atoms with Crippen molar-refractivity contribution in [1.29, 1.82) is 0 Å². The first-order valence-electron chi connectivity index (χ1n) is 7.36. The molecule has 1 atom stereocenters. The maximum Gasteiger partial charge on any atom is 0.108 e. The molecule has 3 rings (SSSR count). The predicted octanol–water partition coefficient (Wildman–Crippen LogP) is 1.45. The van der Waals surface area contributed by atoms with Crippen LogP contribution < -0.4 is 0 Å². The highest BCUT2D eigenvalue weighted by atomic mass is 32.1. The van der Waals surface area contributed by atoms with E-state index in [-0.39, 0.29) is 6.61 Å². The van der Waals surface area contributed by atoms with Gasteiger partial charge in [0.15, 0.2) is 0 Å². The van der Waals surface area contributed by atoms with E-state index in [1.165, 1.54) is 17.7 Å².